The minimum atomic E-state index is -0.643. The van der Waals surface area contributed by atoms with Crippen LogP contribution in [0.4, 0.5) is 0 Å². The normalized spacial score (nSPS) is 21.1. The van der Waals surface area contributed by atoms with Gasteiger partial charge in [0.05, 0.1) is 37.4 Å². The van der Waals surface area contributed by atoms with Gasteiger partial charge in [0.1, 0.15) is 12.4 Å². The summed E-state index contributed by atoms with van der Waals surface area (Å²) in [6.45, 7) is 0.0104. The predicted molar refractivity (Wildman–Crippen MR) is 98.9 cm³/mol. The van der Waals surface area contributed by atoms with Crippen molar-refractivity contribution in [1.29, 1.82) is 0 Å². The van der Waals surface area contributed by atoms with E-state index in [0.717, 1.165) is 0 Å². The first-order valence-electron chi connectivity index (χ1n) is 8.83. The number of aliphatic hydroxyl groups is 1. The van der Waals surface area contributed by atoms with Crippen LogP contribution in [0.2, 0.25) is 0 Å². The lowest BCUT2D eigenvalue weighted by molar-refractivity contribution is -0.125. The Morgan fingerprint density at radius 3 is 2.61 bits per heavy atom. The fourth-order valence-electron chi connectivity index (χ4n) is 2.74. The number of carbonyl (C=O) groups excluding carboxylic acids is 2. The first-order chi connectivity index (χ1) is 13.7. The van der Waals surface area contributed by atoms with E-state index in [0.29, 0.717) is 17.8 Å². The third kappa shape index (κ3) is 5.41. The van der Waals surface area contributed by atoms with Crippen molar-refractivity contribution in [2.24, 2.45) is 0 Å². The van der Waals surface area contributed by atoms with E-state index in [9.17, 15) is 14.7 Å². The molecule has 146 valence electrons. The monoisotopic (exact) mass is 383 g/mol. The van der Waals surface area contributed by atoms with Crippen molar-refractivity contribution < 1.29 is 19.4 Å². The summed E-state index contributed by atoms with van der Waals surface area (Å²) >= 11 is 0. The molecule has 0 saturated heterocycles. The van der Waals surface area contributed by atoms with Crippen molar-refractivity contribution in [3.05, 3.63) is 66.5 Å². The molecule has 0 radical (unpaired) electrons. The molecule has 3 atom stereocenters. The highest BCUT2D eigenvalue weighted by Gasteiger charge is 2.29. The molecular weight excluding hydrogens is 362 g/mol. The van der Waals surface area contributed by atoms with Crippen LogP contribution in [-0.2, 0) is 16.1 Å². The SMILES string of the molecule is O=C(C[C@@H]1C=C[C@H](NC(=O)c2ccncc2)[C@H](CO)O1)NCc1ccncn1. The minimum Gasteiger partial charge on any atom is -0.394 e. The first kappa shape index (κ1) is 19.6. The molecule has 0 unspecified atom stereocenters. The molecule has 0 aliphatic carbocycles. The van der Waals surface area contributed by atoms with Crippen LogP contribution in [-0.4, -0.2) is 56.7 Å². The van der Waals surface area contributed by atoms with Gasteiger partial charge in [-0.3, -0.25) is 14.6 Å². The van der Waals surface area contributed by atoms with Crippen LogP contribution in [0.5, 0.6) is 0 Å². The van der Waals surface area contributed by atoms with Crippen LogP contribution >= 0.6 is 0 Å². The van der Waals surface area contributed by atoms with Crippen LogP contribution in [0.1, 0.15) is 22.5 Å². The van der Waals surface area contributed by atoms with Gasteiger partial charge in [-0.15, -0.1) is 0 Å². The van der Waals surface area contributed by atoms with Gasteiger partial charge in [-0.2, -0.15) is 0 Å². The molecule has 3 heterocycles. The van der Waals surface area contributed by atoms with Crippen molar-refractivity contribution in [3.63, 3.8) is 0 Å². The van der Waals surface area contributed by atoms with E-state index in [1.807, 2.05) is 0 Å². The van der Waals surface area contributed by atoms with E-state index >= 15 is 0 Å². The molecule has 1 aliphatic rings. The van der Waals surface area contributed by atoms with Gasteiger partial charge in [0.25, 0.3) is 5.91 Å². The van der Waals surface area contributed by atoms with Crippen LogP contribution < -0.4 is 10.6 Å². The number of aliphatic hydroxyl groups excluding tert-OH is 1. The van der Waals surface area contributed by atoms with Crippen molar-refractivity contribution in [3.8, 4) is 0 Å². The Balaban J connectivity index is 1.52. The van der Waals surface area contributed by atoms with E-state index in [1.54, 1.807) is 36.5 Å². The van der Waals surface area contributed by atoms with E-state index < -0.39 is 18.2 Å². The summed E-state index contributed by atoms with van der Waals surface area (Å²) in [5.74, 6) is -0.496. The lowest BCUT2D eigenvalue weighted by Gasteiger charge is -2.31. The Labute approximate surface area is 161 Å². The van der Waals surface area contributed by atoms with Gasteiger partial charge < -0.3 is 20.5 Å². The number of rotatable bonds is 7. The number of aromatic nitrogens is 3. The molecule has 0 fully saturated rings. The Morgan fingerprint density at radius 2 is 1.89 bits per heavy atom. The average molecular weight is 383 g/mol. The van der Waals surface area contributed by atoms with Gasteiger partial charge in [0.2, 0.25) is 5.91 Å². The molecule has 2 aromatic rings. The summed E-state index contributed by atoms with van der Waals surface area (Å²) in [6.07, 6.45) is 8.51. The maximum atomic E-state index is 12.3. The van der Waals surface area contributed by atoms with Gasteiger partial charge >= 0.3 is 0 Å². The van der Waals surface area contributed by atoms with Gasteiger partial charge in [0, 0.05) is 24.2 Å². The maximum absolute atomic E-state index is 12.3. The minimum absolute atomic E-state index is 0.100. The molecule has 0 saturated carbocycles. The molecule has 28 heavy (non-hydrogen) atoms. The topological polar surface area (TPSA) is 126 Å². The first-order valence-corrected chi connectivity index (χ1v) is 8.83. The van der Waals surface area contributed by atoms with Crippen LogP contribution in [0.15, 0.2) is 55.3 Å². The Hall–Kier alpha value is -3.17. The van der Waals surface area contributed by atoms with Crippen molar-refractivity contribution in [2.45, 2.75) is 31.2 Å². The van der Waals surface area contributed by atoms with E-state index in [2.05, 4.69) is 25.6 Å². The van der Waals surface area contributed by atoms with Crippen molar-refractivity contribution in [2.75, 3.05) is 6.61 Å². The number of nitrogens with zero attached hydrogens (tertiary/aromatic N) is 3. The summed E-state index contributed by atoms with van der Waals surface area (Å²) in [4.78, 5) is 36.1. The quantitative estimate of drug-likeness (QED) is 0.574. The summed E-state index contributed by atoms with van der Waals surface area (Å²) in [5, 5.41) is 15.2. The predicted octanol–water partition coefficient (Wildman–Crippen LogP) is -0.00760. The highest BCUT2D eigenvalue weighted by molar-refractivity contribution is 5.94. The number of nitrogens with one attached hydrogen (secondary N) is 2. The standard InChI is InChI=1S/C19H21N5O4/c25-11-17-16(24-19(27)13-3-6-20-7-4-13)2-1-15(28-17)9-18(26)22-10-14-5-8-21-12-23-14/h1-8,12,15-17,25H,9-11H2,(H,22,26)(H,24,27)/t15-,16-,17-/m0/s1. The highest BCUT2D eigenvalue weighted by Crippen LogP contribution is 2.16. The summed E-state index contributed by atoms with van der Waals surface area (Å²) in [5.41, 5.74) is 1.17. The van der Waals surface area contributed by atoms with Crippen LogP contribution in [0, 0.1) is 0 Å². The second-order valence-corrected chi connectivity index (χ2v) is 6.20. The van der Waals surface area contributed by atoms with Crippen molar-refractivity contribution >= 4 is 11.8 Å². The van der Waals surface area contributed by atoms with Gasteiger partial charge in [-0.25, -0.2) is 9.97 Å². The number of hydrogen-bond acceptors (Lipinski definition) is 7. The second-order valence-electron chi connectivity index (χ2n) is 6.20. The van der Waals surface area contributed by atoms with E-state index in [4.69, 9.17) is 4.74 Å². The van der Waals surface area contributed by atoms with Gasteiger partial charge in [-0.1, -0.05) is 12.2 Å². The molecule has 3 rings (SSSR count). The van der Waals surface area contributed by atoms with Crippen LogP contribution in [0.25, 0.3) is 0 Å². The number of hydrogen-bond donors (Lipinski definition) is 3. The lowest BCUT2D eigenvalue weighted by atomic mass is 10.0. The third-order valence-corrected chi connectivity index (χ3v) is 4.20. The Bertz CT molecular complexity index is 816. The smallest absolute Gasteiger partial charge is 0.251 e. The zero-order valence-corrected chi connectivity index (χ0v) is 15.1. The summed E-state index contributed by atoms with van der Waals surface area (Å²) in [7, 11) is 0. The summed E-state index contributed by atoms with van der Waals surface area (Å²) in [6, 6.07) is 4.42. The molecule has 1 aliphatic heterocycles. The van der Waals surface area contributed by atoms with Gasteiger partial charge in [-0.05, 0) is 18.2 Å². The van der Waals surface area contributed by atoms with Crippen LogP contribution in [0.3, 0.4) is 0 Å². The molecule has 9 heteroatoms. The number of amides is 2. The zero-order valence-electron chi connectivity index (χ0n) is 15.1. The highest BCUT2D eigenvalue weighted by atomic mass is 16.5. The number of pyridine rings is 1. The maximum Gasteiger partial charge on any atom is 0.251 e. The molecule has 0 spiro atoms. The van der Waals surface area contributed by atoms with E-state index in [1.165, 1.54) is 18.7 Å². The second kappa shape index (κ2) is 9.67. The lowest BCUT2D eigenvalue weighted by Crippen LogP contribution is -2.49. The largest absolute Gasteiger partial charge is 0.394 e. The van der Waals surface area contributed by atoms with E-state index in [-0.39, 0.29) is 24.8 Å². The number of carbonyl (C=O) groups is 2. The van der Waals surface area contributed by atoms with Crippen molar-refractivity contribution in [1.82, 2.24) is 25.6 Å². The molecular formula is C19H21N5O4. The third-order valence-electron chi connectivity index (χ3n) is 4.20. The molecule has 3 N–H and O–H groups in total. The molecule has 2 aromatic heterocycles. The Morgan fingerprint density at radius 1 is 1.11 bits per heavy atom. The molecule has 2 amide bonds. The number of ether oxygens (including phenoxy) is 1. The van der Waals surface area contributed by atoms with Gasteiger partial charge in [0.15, 0.2) is 0 Å². The Kier molecular flexibility index (Phi) is 6.77. The molecule has 0 bridgehead atoms. The summed E-state index contributed by atoms with van der Waals surface area (Å²) < 4.78 is 5.76. The molecule has 0 aromatic carbocycles. The zero-order chi connectivity index (χ0) is 19.8. The fourth-order valence-corrected chi connectivity index (χ4v) is 2.74. The fraction of sp³-hybridized carbons (Fsp3) is 0.316. The average Bonchev–Trinajstić information content (AvgIpc) is 2.74. The molecule has 9 nitrogen and oxygen atoms in total.